The second-order valence-corrected chi connectivity index (χ2v) is 2.76. The van der Waals surface area contributed by atoms with E-state index in [0.29, 0.717) is 5.56 Å². The Labute approximate surface area is 71.5 Å². The summed E-state index contributed by atoms with van der Waals surface area (Å²) in [6, 6.07) is 4.15. The first-order valence-electron chi connectivity index (χ1n) is 3.92. The van der Waals surface area contributed by atoms with Crippen LogP contribution in [0.25, 0.3) is 0 Å². The smallest absolute Gasteiger partial charge is 0.120 e. The number of hydrogen-bond donors (Lipinski definition) is 3. The summed E-state index contributed by atoms with van der Waals surface area (Å²) >= 11 is 0. The molecule has 0 radical (unpaired) electrons. The van der Waals surface area contributed by atoms with Gasteiger partial charge in [-0.05, 0) is 24.6 Å². The maximum Gasteiger partial charge on any atom is 0.120 e. The summed E-state index contributed by atoms with van der Waals surface area (Å²) in [5.74, 6) is 0.272. The number of hydrogen-bond acceptors (Lipinski definition) is 3. The first-order valence-corrected chi connectivity index (χ1v) is 3.92. The molecule has 3 nitrogen and oxygen atoms in total. The van der Waals surface area contributed by atoms with Crippen molar-refractivity contribution in [2.24, 2.45) is 5.73 Å². The van der Waals surface area contributed by atoms with Crippen molar-refractivity contribution < 1.29 is 10.2 Å². The van der Waals surface area contributed by atoms with Crippen molar-refractivity contribution in [1.29, 1.82) is 0 Å². The first kappa shape index (κ1) is 8.87. The zero-order chi connectivity index (χ0) is 9.14. The predicted molar refractivity (Wildman–Crippen MR) is 47.0 cm³/mol. The fourth-order valence-corrected chi connectivity index (χ4v) is 1.06. The van der Waals surface area contributed by atoms with E-state index in [9.17, 15) is 5.11 Å². The second-order valence-electron chi connectivity index (χ2n) is 2.76. The third kappa shape index (κ3) is 1.68. The summed E-state index contributed by atoms with van der Waals surface area (Å²) in [6.45, 7) is 1.92. The quantitative estimate of drug-likeness (QED) is 0.585. The molecule has 3 heteroatoms. The lowest BCUT2D eigenvalue weighted by atomic mass is 10.0. The van der Waals surface area contributed by atoms with Crippen molar-refractivity contribution in [3.8, 4) is 11.5 Å². The first-order chi connectivity index (χ1) is 5.65. The molecule has 4 N–H and O–H groups in total. The van der Waals surface area contributed by atoms with Gasteiger partial charge in [-0.25, -0.2) is 0 Å². The van der Waals surface area contributed by atoms with Crippen molar-refractivity contribution in [2.45, 2.75) is 19.4 Å². The van der Waals surface area contributed by atoms with Crippen LogP contribution < -0.4 is 5.73 Å². The van der Waals surface area contributed by atoms with E-state index in [1.54, 1.807) is 0 Å². The monoisotopic (exact) mass is 167 g/mol. The van der Waals surface area contributed by atoms with Gasteiger partial charge < -0.3 is 15.9 Å². The average Bonchev–Trinajstić information content (AvgIpc) is 2.08. The summed E-state index contributed by atoms with van der Waals surface area (Å²) in [5.41, 5.74) is 6.29. The van der Waals surface area contributed by atoms with Gasteiger partial charge in [-0.2, -0.15) is 0 Å². The molecule has 1 aromatic rings. The zero-order valence-corrected chi connectivity index (χ0v) is 6.99. The molecule has 1 rings (SSSR count). The van der Waals surface area contributed by atoms with E-state index in [1.165, 1.54) is 18.2 Å². The van der Waals surface area contributed by atoms with Gasteiger partial charge in [0, 0.05) is 11.6 Å². The summed E-state index contributed by atoms with van der Waals surface area (Å²) < 4.78 is 0. The van der Waals surface area contributed by atoms with Crippen LogP contribution in [0.3, 0.4) is 0 Å². The van der Waals surface area contributed by atoms with Crippen LogP contribution in [0, 0.1) is 0 Å². The summed E-state index contributed by atoms with van der Waals surface area (Å²) in [4.78, 5) is 0. The van der Waals surface area contributed by atoms with E-state index in [2.05, 4.69) is 0 Å². The van der Waals surface area contributed by atoms with Crippen LogP contribution in [-0.2, 0) is 0 Å². The summed E-state index contributed by atoms with van der Waals surface area (Å²) in [6.07, 6.45) is 0.733. The minimum atomic E-state index is -0.211. The largest absolute Gasteiger partial charge is 0.508 e. The molecule has 0 saturated carbocycles. The number of phenols is 2. The second kappa shape index (κ2) is 3.45. The van der Waals surface area contributed by atoms with Crippen LogP contribution in [0.15, 0.2) is 18.2 Å². The third-order valence-corrected chi connectivity index (χ3v) is 1.85. The Morgan fingerprint density at radius 1 is 1.42 bits per heavy atom. The highest BCUT2D eigenvalue weighted by atomic mass is 16.3. The van der Waals surface area contributed by atoms with Gasteiger partial charge in [-0.3, -0.25) is 0 Å². The molecule has 0 aliphatic rings. The van der Waals surface area contributed by atoms with Crippen LogP contribution in [0.5, 0.6) is 11.5 Å². The highest BCUT2D eigenvalue weighted by Crippen LogP contribution is 2.27. The third-order valence-electron chi connectivity index (χ3n) is 1.85. The van der Waals surface area contributed by atoms with E-state index in [-0.39, 0.29) is 17.5 Å². The van der Waals surface area contributed by atoms with Crippen molar-refractivity contribution in [3.63, 3.8) is 0 Å². The van der Waals surface area contributed by atoms with E-state index < -0.39 is 0 Å². The predicted octanol–water partition coefficient (Wildman–Crippen LogP) is 1.51. The molecule has 0 spiro atoms. The highest BCUT2D eigenvalue weighted by molar-refractivity contribution is 5.40. The molecular formula is C9H13NO2. The van der Waals surface area contributed by atoms with Crippen molar-refractivity contribution in [3.05, 3.63) is 23.8 Å². The van der Waals surface area contributed by atoms with E-state index in [0.717, 1.165) is 6.42 Å². The molecule has 0 aliphatic carbocycles. The SMILES string of the molecule is CC[C@H](N)c1cc(O)ccc1O. The maximum atomic E-state index is 9.35. The van der Waals surface area contributed by atoms with Crippen LogP contribution >= 0.6 is 0 Å². The number of rotatable bonds is 2. The molecule has 0 fully saturated rings. The van der Waals surface area contributed by atoms with Gasteiger partial charge in [0.1, 0.15) is 11.5 Å². The standard InChI is InChI=1S/C9H13NO2/c1-2-8(10)7-5-6(11)3-4-9(7)12/h3-5,8,11-12H,2,10H2,1H3/t8-/m0/s1. The molecule has 0 aromatic heterocycles. The highest BCUT2D eigenvalue weighted by Gasteiger charge is 2.08. The summed E-state index contributed by atoms with van der Waals surface area (Å²) in [7, 11) is 0. The van der Waals surface area contributed by atoms with Crippen LogP contribution in [0.1, 0.15) is 24.9 Å². The van der Waals surface area contributed by atoms with Gasteiger partial charge >= 0.3 is 0 Å². The van der Waals surface area contributed by atoms with Gasteiger partial charge in [0.15, 0.2) is 0 Å². The average molecular weight is 167 g/mol. The molecule has 12 heavy (non-hydrogen) atoms. The molecule has 0 aliphatic heterocycles. The summed E-state index contributed by atoms with van der Waals surface area (Å²) in [5, 5.41) is 18.5. The van der Waals surface area contributed by atoms with Crippen molar-refractivity contribution in [2.75, 3.05) is 0 Å². The van der Waals surface area contributed by atoms with Gasteiger partial charge in [0.2, 0.25) is 0 Å². The molecule has 0 bridgehead atoms. The fourth-order valence-electron chi connectivity index (χ4n) is 1.06. The molecule has 0 unspecified atom stereocenters. The lowest BCUT2D eigenvalue weighted by molar-refractivity contribution is 0.447. The maximum absolute atomic E-state index is 9.35. The zero-order valence-electron chi connectivity index (χ0n) is 6.99. The van der Waals surface area contributed by atoms with Gasteiger partial charge in [0.05, 0.1) is 0 Å². The number of aromatic hydroxyl groups is 2. The van der Waals surface area contributed by atoms with E-state index >= 15 is 0 Å². The topological polar surface area (TPSA) is 66.5 Å². The Hall–Kier alpha value is -1.22. The molecule has 0 heterocycles. The normalized spacial score (nSPS) is 12.8. The minimum Gasteiger partial charge on any atom is -0.508 e. The Bertz CT molecular complexity index is 273. The van der Waals surface area contributed by atoms with Gasteiger partial charge in [0.25, 0.3) is 0 Å². The van der Waals surface area contributed by atoms with Crippen LogP contribution in [0.2, 0.25) is 0 Å². The van der Waals surface area contributed by atoms with E-state index in [4.69, 9.17) is 10.8 Å². The Morgan fingerprint density at radius 2 is 2.08 bits per heavy atom. The minimum absolute atomic E-state index is 0.131. The lowest BCUT2D eigenvalue weighted by Gasteiger charge is -2.10. The molecule has 0 amide bonds. The van der Waals surface area contributed by atoms with Gasteiger partial charge in [-0.15, -0.1) is 0 Å². The number of benzene rings is 1. The van der Waals surface area contributed by atoms with E-state index in [1.807, 2.05) is 6.92 Å². The van der Waals surface area contributed by atoms with Crippen LogP contribution in [-0.4, -0.2) is 10.2 Å². The van der Waals surface area contributed by atoms with Gasteiger partial charge in [-0.1, -0.05) is 6.92 Å². The Balaban J connectivity index is 3.04. The molecule has 66 valence electrons. The van der Waals surface area contributed by atoms with Crippen molar-refractivity contribution >= 4 is 0 Å². The Morgan fingerprint density at radius 3 is 2.67 bits per heavy atom. The number of phenolic OH excluding ortho intramolecular Hbond substituents is 2. The molecular weight excluding hydrogens is 154 g/mol. The number of nitrogens with two attached hydrogens (primary N) is 1. The lowest BCUT2D eigenvalue weighted by Crippen LogP contribution is -2.08. The molecule has 1 aromatic carbocycles. The fraction of sp³-hybridized carbons (Fsp3) is 0.333. The van der Waals surface area contributed by atoms with Crippen molar-refractivity contribution in [1.82, 2.24) is 0 Å². The Kier molecular flexibility index (Phi) is 2.55. The molecule has 1 atom stereocenters. The molecule has 0 saturated heterocycles. The van der Waals surface area contributed by atoms with Crippen LogP contribution in [0.4, 0.5) is 0 Å².